The van der Waals surface area contributed by atoms with E-state index >= 15 is 0 Å². The lowest BCUT2D eigenvalue weighted by atomic mass is 10.1. The SMILES string of the molecule is CC(C)c1ccc(C(=O)O)c(=O)n1CC(O)CO. The Morgan fingerprint density at radius 1 is 1.39 bits per heavy atom. The number of carboxylic acid groups (broad SMARTS) is 1. The number of hydrogen-bond acceptors (Lipinski definition) is 4. The van der Waals surface area contributed by atoms with Gasteiger partial charge in [-0.25, -0.2) is 4.79 Å². The molecule has 1 unspecified atom stereocenters. The van der Waals surface area contributed by atoms with Crippen molar-refractivity contribution in [3.05, 3.63) is 33.7 Å². The van der Waals surface area contributed by atoms with Crippen LogP contribution < -0.4 is 5.56 Å². The average Bonchev–Trinajstić information content (AvgIpc) is 2.30. The van der Waals surface area contributed by atoms with Crippen LogP contribution in [0.1, 0.15) is 35.8 Å². The van der Waals surface area contributed by atoms with Gasteiger partial charge in [0.05, 0.1) is 19.3 Å². The second-order valence-corrected chi connectivity index (χ2v) is 4.38. The summed E-state index contributed by atoms with van der Waals surface area (Å²) in [6, 6.07) is 2.82. The lowest BCUT2D eigenvalue weighted by Gasteiger charge is -2.18. The highest BCUT2D eigenvalue weighted by molar-refractivity contribution is 5.87. The number of nitrogens with zero attached hydrogens (tertiary/aromatic N) is 1. The molecule has 0 aromatic carbocycles. The number of rotatable bonds is 5. The Morgan fingerprint density at radius 3 is 2.44 bits per heavy atom. The van der Waals surface area contributed by atoms with Gasteiger partial charge in [-0.3, -0.25) is 4.79 Å². The number of aliphatic hydroxyl groups is 2. The van der Waals surface area contributed by atoms with Crippen molar-refractivity contribution in [1.29, 1.82) is 0 Å². The van der Waals surface area contributed by atoms with Crippen molar-refractivity contribution >= 4 is 5.97 Å². The topological polar surface area (TPSA) is 99.8 Å². The van der Waals surface area contributed by atoms with Crippen LogP contribution in [-0.2, 0) is 6.54 Å². The van der Waals surface area contributed by atoms with Crippen molar-refractivity contribution in [2.45, 2.75) is 32.4 Å². The second kappa shape index (κ2) is 5.79. The monoisotopic (exact) mass is 255 g/mol. The summed E-state index contributed by atoms with van der Waals surface area (Å²) in [5, 5.41) is 27.1. The molecule has 1 rings (SSSR count). The van der Waals surface area contributed by atoms with Crippen molar-refractivity contribution in [3.8, 4) is 0 Å². The van der Waals surface area contributed by atoms with Crippen LogP contribution in [0, 0.1) is 0 Å². The summed E-state index contributed by atoms with van der Waals surface area (Å²) in [6.07, 6.45) is -1.09. The summed E-state index contributed by atoms with van der Waals surface area (Å²) >= 11 is 0. The van der Waals surface area contributed by atoms with Crippen LogP contribution in [0.2, 0.25) is 0 Å². The Morgan fingerprint density at radius 2 is 2.00 bits per heavy atom. The molecule has 6 nitrogen and oxygen atoms in total. The van der Waals surface area contributed by atoms with Crippen LogP contribution in [0.5, 0.6) is 0 Å². The molecule has 6 heteroatoms. The Bertz CT molecular complexity index is 492. The van der Waals surface area contributed by atoms with E-state index in [1.54, 1.807) is 6.07 Å². The van der Waals surface area contributed by atoms with E-state index in [4.69, 9.17) is 10.2 Å². The Kier molecular flexibility index (Phi) is 4.63. The third kappa shape index (κ3) is 2.96. The van der Waals surface area contributed by atoms with Gasteiger partial charge in [0.1, 0.15) is 5.56 Å². The normalized spacial score (nSPS) is 12.7. The summed E-state index contributed by atoms with van der Waals surface area (Å²) in [5.74, 6) is -1.30. The van der Waals surface area contributed by atoms with Gasteiger partial charge in [0.15, 0.2) is 0 Å². The molecule has 1 atom stereocenters. The van der Waals surface area contributed by atoms with Crippen molar-refractivity contribution in [1.82, 2.24) is 4.57 Å². The molecule has 3 N–H and O–H groups in total. The maximum Gasteiger partial charge on any atom is 0.341 e. The molecule has 1 heterocycles. The Hall–Kier alpha value is -1.66. The summed E-state index contributed by atoms with van der Waals surface area (Å²) in [7, 11) is 0. The molecule has 0 aliphatic carbocycles. The number of pyridine rings is 1. The minimum absolute atomic E-state index is 0.00596. The zero-order valence-corrected chi connectivity index (χ0v) is 10.3. The predicted octanol–water partition coefficient (Wildman–Crippen LogP) is 0.0231. The lowest BCUT2D eigenvalue weighted by molar-refractivity contribution is 0.0687. The third-order valence-corrected chi connectivity index (χ3v) is 2.63. The molecule has 0 spiro atoms. The Labute approximate surface area is 104 Å². The number of aliphatic hydroxyl groups excluding tert-OH is 2. The lowest BCUT2D eigenvalue weighted by Crippen LogP contribution is -2.34. The Balaban J connectivity index is 3.36. The first-order valence-corrected chi connectivity index (χ1v) is 5.64. The van der Waals surface area contributed by atoms with E-state index in [0.717, 1.165) is 0 Å². The van der Waals surface area contributed by atoms with Gasteiger partial charge < -0.3 is 19.9 Å². The van der Waals surface area contributed by atoms with Gasteiger partial charge in [-0.15, -0.1) is 0 Å². The van der Waals surface area contributed by atoms with Crippen LogP contribution >= 0.6 is 0 Å². The number of hydrogen-bond donors (Lipinski definition) is 3. The van der Waals surface area contributed by atoms with Gasteiger partial charge in [-0.1, -0.05) is 13.8 Å². The van der Waals surface area contributed by atoms with E-state index in [2.05, 4.69) is 0 Å². The third-order valence-electron chi connectivity index (χ3n) is 2.63. The first-order chi connectivity index (χ1) is 8.38. The van der Waals surface area contributed by atoms with E-state index < -0.39 is 24.2 Å². The number of carboxylic acids is 1. The van der Waals surface area contributed by atoms with Gasteiger partial charge in [0, 0.05) is 5.69 Å². The summed E-state index contributed by atoms with van der Waals surface area (Å²) in [4.78, 5) is 22.9. The molecule has 0 saturated heterocycles. The van der Waals surface area contributed by atoms with E-state index in [9.17, 15) is 14.7 Å². The van der Waals surface area contributed by atoms with Gasteiger partial charge in [0.25, 0.3) is 5.56 Å². The fraction of sp³-hybridized carbons (Fsp3) is 0.500. The maximum absolute atomic E-state index is 12.0. The molecule has 0 fully saturated rings. The molecule has 0 aliphatic rings. The van der Waals surface area contributed by atoms with Gasteiger partial charge >= 0.3 is 5.97 Å². The van der Waals surface area contributed by atoms with Gasteiger partial charge in [0.2, 0.25) is 0 Å². The highest BCUT2D eigenvalue weighted by Crippen LogP contribution is 2.13. The number of aromatic nitrogens is 1. The molecule has 0 amide bonds. The molecule has 1 aromatic heterocycles. The fourth-order valence-electron chi connectivity index (χ4n) is 1.72. The largest absolute Gasteiger partial charge is 0.477 e. The van der Waals surface area contributed by atoms with Crippen LogP contribution in [0.3, 0.4) is 0 Å². The summed E-state index contributed by atoms with van der Waals surface area (Å²) in [6.45, 7) is 3.11. The minimum Gasteiger partial charge on any atom is -0.477 e. The number of aromatic carboxylic acids is 1. The average molecular weight is 255 g/mol. The van der Waals surface area contributed by atoms with E-state index in [1.165, 1.54) is 10.6 Å². The standard InChI is InChI=1S/C12H17NO5/c1-7(2)10-4-3-9(12(17)18)11(16)13(10)5-8(15)6-14/h3-4,7-8,14-15H,5-6H2,1-2H3,(H,17,18). The first-order valence-electron chi connectivity index (χ1n) is 5.64. The zero-order chi connectivity index (χ0) is 13.9. The molecule has 0 bridgehead atoms. The predicted molar refractivity (Wildman–Crippen MR) is 64.8 cm³/mol. The molecular weight excluding hydrogens is 238 g/mol. The summed E-state index contributed by atoms with van der Waals surface area (Å²) in [5.41, 5.74) is -0.386. The van der Waals surface area contributed by atoms with Crippen molar-refractivity contribution in [2.24, 2.45) is 0 Å². The molecule has 1 aromatic rings. The molecule has 18 heavy (non-hydrogen) atoms. The minimum atomic E-state index is -1.30. The quantitative estimate of drug-likeness (QED) is 0.689. The first kappa shape index (κ1) is 14.4. The van der Waals surface area contributed by atoms with Gasteiger partial charge in [-0.2, -0.15) is 0 Å². The molecule has 0 aliphatic heterocycles. The molecule has 0 radical (unpaired) electrons. The van der Waals surface area contributed by atoms with Gasteiger partial charge in [-0.05, 0) is 18.1 Å². The summed E-state index contributed by atoms with van der Waals surface area (Å²) < 4.78 is 1.20. The molecule has 100 valence electrons. The van der Waals surface area contributed by atoms with Crippen molar-refractivity contribution in [3.63, 3.8) is 0 Å². The van der Waals surface area contributed by atoms with Crippen LogP contribution in [-0.4, -0.2) is 38.6 Å². The highest BCUT2D eigenvalue weighted by Gasteiger charge is 2.17. The fourth-order valence-corrected chi connectivity index (χ4v) is 1.72. The van der Waals surface area contributed by atoms with Crippen molar-refractivity contribution < 1.29 is 20.1 Å². The number of carbonyl (C=O) groups is 1. The highest BCUT2D eigenvalue weighted by atomic mass is 16.4. The van der Waals surface area contributed by atoms with Crippen molar-refractivity contribution in [2.75, 3.05) is 6.61 Å². The zero-order valence-electron chi connectivity index (χ0n) is 10.3. The van der Waals surface area contributed by atoms with E-state index in [0.29, 0.717) is 5.69 Å². The van der Waals surface area contributed by atoms with Crippen LogP contribution in [0.25, 0.3) is 0 Å². The van der Waals surface area contributed by atoms with E-state index in [1.807, 2.05) is 13.8 Å². The van der Waals surface area contributed by atoms with E-state index in [-0.39, 0.29) is 18.0 Å². The smallest absolute Gasteiger partial charge is 0.341 e. The molecular formula is C12H17NO5. The second-order valence-electron chi connectivity index (χ2n) is 4.38. The van der Waals surface area contributed by atoms with Crippen LogP contribution in [0.15, 0.2) is 16.9 Å². The maximum atomic E-state index is 12.0. The molecule has 0 saturated carbocycles. The van der Waals surface area contributed by atoms with Crippen LogP contribution in [0.4, 0.5) is 0 Å².